The van der Waals surface area contributed by atoms with E-state index in [9.17, 15) is 9.90 Å². The van der Waals surface area contributed by atoms with Crippen LogP contribution in [0.2, 0.25) is 0 Å². The fourth-order valence-corrected chi connectivity index (χ4v) is 4.11. The summed E-state index contributed by atoms with van der Waals surface area (Å²) < 4.78 is 5.22. The quantitative estimate of drug-likeness (QED) is 0.128. The van der Waals surface area contributed by atoms with Gasteiger partial charge < -0.3 is 9.84 Å². The minimum absolute atomic E-state index is 0.00333. The number of Topliss-reactive ketones (excluding diaryl/α,β-unsaturated/α-hetero) is 1. The summed E-state index contributed by atoms with van der Waals surface area (Å²) in [7, 11) is 1.51. The molecule has 0 aromatic heterocycles. The Kier molecular flexibility index (Phi) is 15.7. The molecule has 176 valence electrons. The molecule has 0 bridgehead atoms. The molecule has 3 heteroatoms. The largest absolute Gasteiger partial charge is 0.504 e. The standard InChI is InChI=1S/C28H46O3/c1-4-6-7-8-9-10-11-12-13-14-15-16-17-18-19-21-26(29)25-22-24(20-5-2)23-27(31-3)28(25)30/h5,22-23,30H,2,4,6-21H2,1,3H3. The summed E-state index contributed by atoms with van der Waals surface area (Å²) in [6.45, 7) is 6.01. The summed E-state index contributed by atoms with van der Waals surface area (Å²) in [5.41, 5.74) is 1.31. The zero-order valence-electron chi connectivity index (χ0n) is 20.2. The van der Waals surface area contributed by atoms with Gasteiger partial charge in [0, 0.05) is 6.42 Å². The molecule has 0 atom stereocenters. The van der Waals surface area contributed by atoms with Crippen molar-refractivity contribution in [2.45, 2.75) is 116 Å². The second kappa shape index (κ2) is 17.9. The molecule has 0 aliphatic rings. The minimum atomic E-state index is -0.0405. The van der Waals surface area contributed by atoms with Crippen LogP contribution in [-0.4, -0.2) is 18.0 Å². The summed E-state index contributed by atoms with van der Waals surface area (Å²) in [5.74, 6) is 0.317. The Hall–Kier alpha value is -1.77. The first kappa shape index (κ1) is 27.3. The van der Waals surface area contributed by atoms with Crippen molar-refractivity contribution in [3.63, 3.8) is 0 Å². The number of ketones is 1. The monoisotopic (exact) mass is 430 g/mol. The van der Waals surface area contributed by atoms with E-state index in [-0.39, 0.29) is 11.5 Å². The van der Waals surface area contributed by atoms with Gasteiger partial charge in [-0.05, 0) is 30.5 Å². The molecule has 0 saturated heterocycles. The van der Waals surface area contributed by atoms with Crippen molar-refractivity contribution in [1.82, 2.24) is 0 Å². The van der Waals surface area contributed by atoms with E-state index in [2.05, 4.69) is 13.5 Å². The number of hydrogen-bond acceptors (Lipinski definition) is 3. The molecule has 3 nitrogen and oxygen atoms in total. The molecule has 1 aromatic rings. The normalized spacial score (nSPS) is 10.9. The summed E-state index contributed by atoms with van der Waals surface area (Å²) >= 11 is 0. The van der Waals surface area contributed by atoms with Gasteiger partial charge in [0.1, 0.15) is 0 Å². The summed E-state index contributed by atoms with van der Waals surface area (Å²) in [6, 6.07) is 3.54. The maximum absolute atomic E-state index is 12.6. The molecule has 0 amide bonds. The minimum Gasteiger partial charge on any atom is -0.504 e. The van der Waals surface area contributed by atoms with E-state index in [0.717, 1.165) is 18.4 Å². The first-order chi connectivity index (χ1) is 15.1. The van der Waals surface area contributed by atoms with Gasteiger partial charge in [0.15, 0.2) is 17.3 Å². The third-order valence-electron chi connectivity index (χ3n) is 6.04. The molecule has 1 rings (SSSR count). The van der Waals surface area contributed by atoms with E-state index in [1.54, 1.807) is 18.2 Å². The topological polar surface area (TPSA) is 46.5 Å². The van der Waals surface area contributed by atoms with E-state index in [1.807, 2.05) is 0 Å². The lowest BCUT2D eigenvalue weighted by atomic mass is 9.99. The molecular formula is C28H46O3. The number of unbranched alkanes of at least 4 members (excludes halogenated alkanes) is 14. The molecule has 0 fully saturated rings. The fourth-order valence-electron chi connectivity index (χ4n) is 4.11. The van der Waals surface area contributed by atoms with E-state index < -0.39 is 0 Å². The zero-order chi connectivity index (χ0) is 22.7. The van der Waals surface area contributed by atoms with Gasteiger partial charge in [-0.25, -0.2) is 0 Å². The third-order valence-corrected chi connectivity index (χ3v) is 6.04. The van der Waals surface area contributed by atoms with Crippen molar-refractivity contribution in [2.75, 3.05) is 7.11 Å². The van der Waals surface area contributed by atoms with Crippen LogP contribution in [0.4, 0.5) is 0 Å². The highest BCUT2D eigenvalue weighted by Crippen LogP contribution is 2.33. The number of phenolic OH excluding ortho intramolecular Hbond substituents is 1. The fraction of sp³-hybridized carbons (Fsp3) is 0.679. The van der Waals surface area contributed by atoms with Crippen LogP contribution in [0.15, 0.2) is 24.8 Å². The number of aromatic hydroxyl groups is 1. The number of phenols is 1. The van der Waals surface area contributed by atoms with Gasteiger partial charge in [-0.2, -0.15) is 0 Å². The van der Waals surface area contributed by atoms with E-state index in [4.69, 9.17) is 4.74 Å². The van der Waals surface area contributed by atoms with Crippen LogP contribution in [0.1, 0.15) is 126 Å². The lowest BCUT2D eigenvalue weighted by Gasteiger charge is -2.11. The Bertz CT molecular complexity index is 621. The molecule has 1 N–H and O–H groups in total. The van der Waals surface area contributed by atoms with E-state index in [0.29, 0.717) is 24.2 Å². The Morgan fingerprint density at radius 3 is 1.81 bits per heavy atom. The first-order valence-electron chi connectivity index (χ1n) is 12.7. The van der Waals surface area contributed by atoms with Crippen LogP contribution in [-0.2, 0) is 6.42 Å². The summed E-state index contributed by atoms with van der Waals surface area (Å²) in [5, 5.41) is 10.3. The van der Waals surface area contributed by atoms with Gasteiger partial charge in [0.2, 0.25) is 0 Å². The van der Waals surface area contributed by atoms with Gasteiger partial charge in [-0.15, -0.1) is 6.58 Å². The predicted molar refractivity (Wildman–Crippen MR) is 132 cm³/mol. The van der Waals surface area contributed by atoms with Gasteiger partial charge in [-0.1, -0.05) is 103 Å². The molecule has 1 aromatic carbocycles. The van der Waals surface area contributed by atoms with Crippen molar-refractivity contribution < 1.29 is 14.6 Å². The average molecular weight is 431 g/mol. The second-order valence-corrected chi connectivity index (χ2v) is 8.81. The number of rotatable bonds is 20. The molecule has 0 aliphatic carbocycles. The molecule has 0 heterocycles. The van der Waals surface area contributed by atoms with Gasteiger partial charge in [-0.3, -0.25) is 4.79 Å². The van der Waals surface area contributed by atoms with Crippen molar-refractivity contribution >= 4 is 5.78 Å². The molecule has 0 saturated carbocycles. The molecular weight excluding hydrogens is 384 g/mol. The zero-order valence-corrected chi connectivity index (χ0v) is 20.2. The molecule has 0 unspecified atom stereocenters. The molecule has 0 spiro atoms. The lowest BCUT2D eigenvalue weighted by Crippen LogP contribution is -2.02. The van der Waals surface area contributed by atoms with Crippen molar-refractivity contribution in [2.24, 2.45) is 0 Å². The van der Waals surface area contributed by atoms with Crippen LogP contribution in [0.3, 0.4) is 0 Å². The van der Waals surface area contributed by atoms with Crippen molar-refractivity contribution in [3.8, 4) is 11.5 Å². The van der Waals surface area contributed by atoms with Crippen LogP contribution in [0.5, 0.6) is 11.5 Å². The second-order valence-electron chi connectivity index (χ2n) is 8.81. The lowest BCUT2D eigenvalue weighted by molar-refractivity contribution is 0.0975. The number of carbonyl (C=O) groups is 1. The SMILES string of the molecule is C=CCc1cc(OC)c(O)c(C(=O)CCCCCCCCCCCCCCCCC)c1. The predicted octanol–water partition coefficient (Wildman–Crippen LogP) is 8.57. The summed E-state index contributed by atoms with van der Waals surface area (Å²) in [6.07, 6.45) is 22.5. The number of hydrogen-bond donors (Lipinski definition) is 1. The molecule has 31 heavy (non-hydrogen) atoms. The number of ether oxygens (including phenoxy) is 1. The number of methoxy groups -OCH3 is 1. The van der Waals surface area contributed by atoms with Crippen molar-refractivity contribution in [1.29, 1.82) is 0 Å². The smallest absolute Gasteiger partial charge is 0.168 e. The highest BCUT2D eigenvalue weighted by atomic mass is 16.5. The van der Waals surface area contributed by atoms with Crippen LogP contribution in [0, 0.1) is 0 Å². The maximum Gasteiger partial charge on any atom is 0.168 e. The van der Waals surface area contributed by atoms with Gasteiger partial charge in [0.25, 0.3) is 0 Å². The van der Waals surface area contributed by atoms with Gasteiger partial charge in [0.05, 0.1) is 12.7 Å². The highest BCUT2D eigenvalue weighted by molar-refractivity contribution is 5.99. The van der Waals surface area contributed by atoms with E-state index in [1.165, 1.54) is 90.6 Å². The first-order valence-corrected chi connectivity index (χ1v) is 12.7. The Labute approximate surface area is 191 Å². The van der Waals surface area contributed by atoms with Crippen molar-refractivity contribution in [3.05, 3.63) is 35.9 Å². The Balaban J connectivity index is 2.10. The number of carbonyl (C=O) groups excluding carboxylic acids is 1. The Morgan fingerprint density at radius 2 is 1.35 bits per heavy atom. The van der Waals surface area contributed by atoms with Crippen LogP contribution < -0.4 is 4.74 Å². The van der Waals surface area contributed by atoms with Gasteiger partial charge >= 0.3 is 0 Å². The third kappa shape index (κ3) is 12.0. The number of benzene rings is 1. The molecule has 0 aliphatic heterocycles. The van der Waals surface area contributed by atoms with E-state index >= 15 is 0 Å². The van der Waals surface area contributed by atoms with Crippen LogP contribution in [0.25, 0.3) is 0 Å². The number of allylic oxidation sites excluding steroid dienone is 1. The highest BCUT2D eigenvalue weighted by Gasteiger charge is 2.16. The average Bonchev–Trinajstić information content (AvgIpc) is 2.77. The van der Waals surface area contributed by atoms with Crippen LogP contribution >= 0.6 is 0 Å². The summed E-state index contributed by atoms with van der Waals surface area (Å²) in [4.78, 5) is 12.6. The molecule has 0 radical (unpaired) electrons. The Morgan fingerprint density at radius 1 is 0.871 bits per heavy atom. The maximum atomic E-state index is 12.6.